The van der Waals surface area contributed by atoms with Crippen LogP contribution in [0, 0.1) is 0 Å². The van der Waals surface area contributed by atoms with E-state index in [1.54, 1.807) is 14.2 Å². The van der Waals surface area contributed by atoms with Gasteiger partial charge in [0.05, 0.1) is 18.9 Å². The van der Waals surface area contributed by atoms with E-state index in [2.05, 4.69) is 15.2 Å². The Bertz CT molecular complexity index is 1140. The number of methoxy groups -OCH3 is 2. The molecule has 0 bridgehead atoms. The number of nitrogens with zero attached hydrogens (tertiary/aromatic N) is 3. The fourth-order valence-corrected chi connectivity index (χ4v) is 4.79. The van der Waals surface area contributed by atoms with E-state index in [-0.39, 0.29) is 24.7 Å². The highest BCUT2D eigenvalue weighted by atomic mass is 32.1. The van der Waals surface area contributed by atoms with E-state index in [9.17, 15) is 9.59 Å². The van der Waals surface area contributed by atoms with E-state index >= 15 is 0 Å². The summed E-state index contributed by atoms with van der Waals surface area (Å²) in [7, 11) is 3.23. The largest absolute Gasteiger partial charge is 0.497 e. The van der Waals surface area contributed by atoms with Gasteiger partial charge in [-0.3, -0.25) is 14.5 Å². The highest BCUT2D eigenvalue weighted by molar-refractivity contribution is 7.22. The number of carbonyl (C=O) groups is 2. The molecule has 3 aromatic rings. The van der Waals surface area contributed by atoms with Crippen molar-refractivity contribution in [2.45, 2.75) is 12.8 Å². The lowest BCUT2D eigenvalue weighted by molar-refractivity contribution is -0.134. The molecule has 0 spiro atoms. The molecule has 1 aromatic heterocycles. The van der Waals surface area contributed by atoms with Gasteiger partial charge in [-0.2, -0.15) is 0 Å². The average Bonchev–Trinajstić information content (AvgIpc) is 3.30. The van der Waals surface area contributed by atoms with E-state index in [0.29, 0.717) is 30.6 Å². The topological polar surface area (TPSA) is 93.2 Å². The van der Waals surface area contributed by atoms with Gasteiger partial charge in [0.15, 0.2) is 5.13 Å². The number of fused-ring (bicyclic) bond motifs is 1. The van der Waals surface area contributed by atoms with Gasteiger partial charge in [0, 0.05) is 45.6 Å². The first-order chi connectivity index (χ1) is 17.1. The number of para-hydroxylation sites is 1. The van der Waals surface area contributed by atoms with Crippen LogP contribution >= 0.6 is 11.3 Å². The summed E-state index contributed by atoms with van der Waals surface area (Å²) in [6, 6.07) is 13.2. The molecular formula is C25H30N4O5S. The molecule has 0 saturated carbocycles. The quantitative estimate of drug-likeness (QED) is 0.459. The number of ether oxygens (including phenoxy) is 3. The number of hydrogen-bond donors (Lipinski definition) is 1. The van der Waals surface area contributed by atoms with E-state index in [1.807, 2.05) is 47.4 Å². The molecule has 0 unspecified atom stereocenters. The zero-order chi connectivity index (χ0) is 24.6. The van der Waals surface area contributed by atoms with Gasteiger partial charge in [-0.15, -0.1) is 0 Å². The number of benzene rings is 2. The Morgan fingerprint density at radius 2 is 1.71 bits per heavy atom. The van der Waals surface area contributed by atoms with Crippen molar-refractivity contribution < 1.29 is 23.8 Å². The van der Waals surface area contributed by atoms with E-state index in [4.69, 9.17) is 14.2 Å². The van der Waals surface area contributed by atoms with Gasteiger partial charge in [0.1, 0.15) is 29.4 Å². The standard InChI is InChI=1S/C25H30N4O5S/c1-32-18-6-8-19(9-7-18)34-17-16-28-12-14-29(15-13-28)23(31)11-10-22(30)26-25-27-24-20(33-2)4-3-5-21(24)35-25/h3-9H,10-17H2,1-2H3,(H,26,27,30). The van der Waals surface area contributed by atoms with Crippen LogP contribution in [0.15, 0.2) is 42.5 Å². The minimum Gasteiger partial charge on any atom is -0.497 e. The third-order valence-corrected chi connectivity index (χ3v) is 6.81. The monoisotopic (exact) mass is 498 g/mol. The number of carbonyl (C=O) groups excluding carboxylic acids is 2. The number of aromatic nitrogens is 1. The van der Waals surface area contributed by atoms with Crippen LogP contribution < -0.4 is 19.5 Å². The van der Waals surface area contributed by atoms with Crippen LogP contribution in [0.25, 0.3) is 10.2 Å². The predicted molar refractivity (Wildman–Crippen MR) is 136 cm³/mol. The van der Waals surface area contributed by atoms with Crippen molar-refractivity contribution in [2.24, 2.45) is 0 Å². The molecule has 0 radical (unpaired) electrons. The zero-order valence-corrected chi connectivity index (χ0v) is 20.8. The molecule has 35 heavy (non-hydrogen) atoms. The predicted octanol–water partition coefficient (Wildman–Crippen LogP) is 3.26. The van der Waals surface area contributed by atoms with Crippen molar-refractivity contribution in [3.05, 3.63) is 42.5 Å². The molecule has 9 nitrogen and oxygen atoms in total. The van der Waals surface area contributed by atoms with Crippen LogP contribution in [0.1, 0.15) is 12.8 Å². The second kappa shape index (κ2) is 11.9. The van der Waals surface area contributed by atoms with Gasteiger partial charge < -0.3 is 24.4 Å². The SMILES string of the molecule is COc1ccc(OCCN2CCN(C(=O)CCC(=O)Nc3nc4c(OC)cccc4s3)CC2)cc1. The molecule has 4 rings (SSSR count). The Hall–Kier alpha value is -3.37. The first-order valence-electron chi connectivity index (χ1n) is 11.6. The molecule has 1 saturated heterocycles. The maximum Gasteiger partial charge on any atom is 0.226 e. The molecule has 0 atom stereocenters. The van der Waals surface area contributed by atoms with Gasteiger partial charge in [-0.25, -0.2) is 4.98 Å². The lowest BCUT2D eigenvalue weighted by Gasteiger charge is -2.34. The summed E-state index contributed by atoms with van der Waals surface area (Å²) in [5, 5.41) is 3.31. The van der Waals surface area contributed by atoms with Gasteiger partial charge in [0.25, 0.3) is 0 Å². The van der Waals surface area contributed by atoms with Crippen LogP contribution in [-0.2, 0) is 9.59 Å². The molecule has 2 heterocycles. The Kier molecular flexibility index (Phi) is 8.38. The normalized spacial score (nSPS) is 14.1. The van der Waals surface area contributed by atoms with Crippen molar-refractivity contribution >= 4 is 38.5 Å². The van der Waals surface area contributed by atoms with E-state index < -0.39 is 0 Å². The summed E-state index contributed by atoms with van der Waals surface area (Å²) in [5.74, 6) is 2.06. The summed E-state index contributed by atoms with van der Waals surface area (Å²) >= 11 is 1.38. The van der Waals surface area contributed by atoms with Crippen LogP contribution in [-0.4, -0.2) is 80.1 Å². The van der Waals surface area contributed by atoms with Crippen molar-refractivity contribution in [1.29, 1.82) is 0 Å². The maximum absolute atomic E-state index is 12.6. The van der Waals surface area contributed by atoms with E-state index in [1.165, 1.54) is 11.3 Å². The molecule has 2 aromatic carbocycles. The fraction of sp³-hybridized carbons (Fsp3) is 0.400. The second-order valence-corrected chi connectivity index (χ2v) is 9.15. The second-order valence-electron chi connectivity index (χ2n) is 8.12. The molecule has 1 N–H and O–H groups in total. The number of nitrogens with one attached hydrogen (secondary N) is 1. The number of hydrogen-bond acceptors (Lipinski definition) is 8. The summed E-state index contributed by atoms with van der Waals surface area (Å²) < 4.78 is 17.2. The van der Waals surface area contributed by atoms with Crippen LogP contribution in [0.2, 0.25) is 0 Å². The molecule has 186 valence electrons. The van der Waals surface area contributed by atoms with Crippen molar-refractivity contribution in [2.75, 3.05) is 58.9 Å². The number of amides is 2. The molecule has 1 aliphatic rings. The average molecular weight is 499 g/mol. The molecule has 1 aliphatic heterocycles. The summed E-state index contributed by atoms with van der Waals surface area (Å²) in [5.41, 5.74) is 0.721. The Morgan fingerprint density at radius 1 is 0.971 bits per heavy atom. The summed E-state index contributed by atoms with van der Waals surface area (Å²) in [4.78, 5) is 33.5. The fourth-order valence-electron chi connectivity index (χ4n) is 3.89. The van der Waals surface area contributed by atoms with Crippen molar-refractivity contribution in [3.63, 3.8) is 0 Å². The smallest absolute Gasteiger partial charge is 0.226 e. The van der Waals surface area contributed by atoms with Gasteiger partial charge in [-0.05, 0) is 36.4 Å². The van der Waals surface area contributed by atoms with Crippen LogP contribution in [0.5, 0.6) is 17.2 Å². The first-order valence-corrected chi connectivity index (χ1v) is 12.4. The number of rotatable bonds is 10. The molecule has 1 fully saturated rings. The highest BCUT2D eigenvalue weighted by Gasteiger charge is 2.21. The first kappa shape index (κ1) is 24.7. The van der Waals surface area contributed by atoms with Gasteiger partial charge >= 0.3 is 0 Å². The molecule has 0 aliphatic carbocycles. The Morgan fingerprint density at radius 3 is 2.43 bits per heavy atom. The summed E-state index contributed by atoms with van der Waals surface area (Å²) in [6.45, 7) is 4.26. The Balaban J connectivity index is 1.15. The molecule has 2 amide bonds. The third kappa shape index (κ3) is 6.61. The minimum absolute atomic E-state index is 0.000233. The van der Waals surface area contributed by atoms with Crippen molar-refractivity contribution in [1.82, 2.24) is 14.8 Å². The third-order valence-electron chi connectivity index (χ3n) is 5.87. The Labute approximate surface area is 208 Å². The number of piperazine rings is 1. The lowest BCUT2D eigenvalue weighted by atomic mass is 10.2. The number of anilines is 1. The maximum atomic E-state index is 12.6. The highest BCUT2D eigenvalue weighted by Crippen LogP contribution is 2.32. The lowest BCUT2D eigenvalue weighted by Crippen LogP contribution is -2.49. The van der Waals surface area contributed by atoms with Crippen LogP contribution in [0.3, 0.4) is 0 Å². The van der Waals surface area contributed by atoms with Crippen molar-refractivity contribution in [3.8, 4) is 17.2 Å². The van der Waals surface area contributed by atoms with E-state index in [0.717, 1.165) is 41.3 Å². The van der Waals surface area contributed by atoms with Gasteiger partial charge in [-0.1, -0.05) is 17.4 Å². The zero-order valence-electron chi connectivity index (χ0n) is 20.0. The summed E-state index contributed by atoms with van der Waals surface area (Å²) in [6.07, 6.45) is 0.308. The number of thiazole rings is 1. The minimum atomic E-state index is -0.217. The molecular weight excluding hydrogens is 468 g/mol. The van der Waals surface area contributed by atoms with Crippen LogP contribution in [0.4, 0.5) is 5.13 Å². The van der Waals surface area contributed by atoms with Gasteiger partial charge in [0.2, 0.25) is 11.8 Å². The molecule has 10 heteroatoms.